The van der Waals surface area contributed by atoms with E-state index < -0.39 is 6.10 Å². The van der Waals surface area contributed by atoms with Gasteiger partial charge in [-0.1, -0.05) is 13.0 Å². The zero-order valence-corrected chi connectivity index (χ0v) is 11.5. The normalized spacial score (nSPS) is 14.5. The van der Waals surface area contributed by atoms with Crippen molar-refractivity contribution in [2.24, 2.45) is 11.7 Å². The number of ether oxygens (including phenoxy) is 1. The highest BCUT2D eigenvalue weighted by atomic mass is 16.5. The van der Waals surface area contributed by atoms with Crippen LogP contribution in [0.15, 0.2) is 24.3 Å². The Labute approximate surface area is 113 Å². The van der Waals surface area contributed by atoms with Crippen LogP contribution in [-0.2, 0) is 0 Å². The second-order valence-electron chi connectivity index (χ2n) is 5.21. The summed E-state index contributed by atoms with van der Waals surface area (Å²) < 4.78 is 5.73. The molecule has 0 saturated heterocycles. The molecular formula is C15H22N2O2. The van der Waals surface area contributed by atoms with Gasteiger partial charge in [0.1, 0.15) is 12.4 Å². The number of H-pyrrole nitrogens is 1. The largest absolute Gasteiger partial charge is 0.490 e. The molecule has 0 radical (unpaired) electrons. The summed E-state index contributed by atoms with van der Waals surface area (Å²) in [6.45, 7) is 4.93. The van der Waals surface area contributed by atoms with Crippen molar-refractivity contribution in [3.05, 3.63) is 30.0 Å². The lowest BCUT2D eigenvalue weighted by Crippen LogP contribution is -2.23. The Bertz CT molecular complexity index is 536. The van der Waals surface area contributed by atoms with Crippen LogP contribution in [0.1, 0.15) is 19.0 Å². The molecule has 0 bridgehead atoms. The fraction of sp³-hybridized carbons (Fsp3) is 0.467. The smallest absolute Gasteiger partial charge is 0.128 e. The predicted molar refractivity (Wildman–Crippen MR) is 77.4 cm³/mol. The van der Waals surface area contributed by atoms with Crippen LogP contribution in [0.4, 0.5) is 0 Å². The number of rotatable bonds is 6. The molecule has 0 aliphatic carbocycles. The van der Waals surface area contributed by atoms with Crippen LogP contribution in [0.25, 0.3) is 10.9 Å². The number of hydrogen-bond acceptors (Lipinski definition) is 3. The topological polar surface area (TPSA) is 71.3 Å². The standard InChI is InChI=1S/C15H22N2O2/c1-10(8-16)6-12(18)9-19-15-5-3-4-14-13(15)7-11(2)17-14/h3-5,7,10,12,17-18H,6,8-9,16H2,1-2H3. The van der Waals surface area contributed by atoms with Gasteiger partial charge in [0.15, 0.2) is 0 Å². The van der Waals surface area contributed by atoms with Crippen molar-refractivity contribution in [3.8, 4) is 5.75 Å². The zero-order valence-electron chi connectivity index (χ0n) is 11.5. The molecule has 0 saturated carbocycles. The van der Waals surface area contributed by atoms with E-state index in [2.05, 4.69) is 11.1 Å². The Kier molecular flexibility index (Phi) is 4.45. The van der Waals surface area contributed by atoms with Crippen LogP contribution < -0.4 is 10.5 Å². The van der Waals surface area contributed by atoms with Crippen LogP contribution in [0.2, 0.25) is 0 Å². The van der Waals surface area contributed by atoms with Gasteiger partial charge in [-0.15, -0.1) is 0 Å². The molecule has 2 aromatic rings. The second kappa shape index (κ2) is 6.08. The maximum Gasteiger partial charge on any atom is 0.128 e. The average molecular weight is 262 g/mol. The van der Waals surface area contributed by atoms with Gasteiger partial charge in [0.25, 0.3) is 0 Å². The molecule has 104 valence electrons. The van der Waals surface area contributed by atoms with E-state index in [-0.39, 0.29) is 0 Å². The van der Waals surface area contributed by atoms with Gasteiger partial charge in [-0.2, -0.15) is 0 Å². The molecule has 4 nitrogen and oxygen atoms in total. The molecule has 0 fully saturated rings. The molecule has 1 heterocycles. The van der Waals surface area contributed by atoms with Gasteiger partial charge in [-0.25, -0.2) is 0 Å². The molecule has 0 aliphatic rings. The van der Waals surface area contributed by atoms with Crippen LogP contribution in [-0.4, -0.2) is 29.3 Å². The second-order valence-corrected chi connectivity index (χ2v) is 5.21. The van der Waals surface area contributed by atoms with Crippen LogP contribution in [0.5, 0.6) is 5.75 Å². The lowest BCUT2D eigenvalue weighted by molar-refractivity contribution is 0.0888. The monoisotopic (exact) mass is 262 g/mol. The van der Waals surface area contributed by atoms with Crippen molar-refractivity contribution in [1.29, 1.82) is 0 Å². The number of nitrogens with one attached hydrogen (secondary N) is 1. The summed E-state index contributed by atoms with van der Waals surface area (Å²) in [5, 5.41) is 11.0. The third kappa shape index (κ3) is 3.49. The zero-order chi connectivity index (χ0) is 13.8. The Morgan fingerprint density at radius 1 is 1.42 bits per heavy atom. The lowest BCUT2D eigenvalue weighted by atomic mass is 10.0. The summed E-state index contributed by atoms with van der Waals surface area (Å²) in [5.41, 5.74) is 7.70. The minimum Gasteiger partial charge on any atom is -0.490 e. The van der Waals surface area contributed by atoms with Crippen molar-refractivity contribution in [2.45, 2.75) is 26.4 Å². The predicted octanol–water partition coefficient (Wildman–Crippen LogP) is 2.20. The van der Waals surface area contributed by atoms with Gasteiger partial charge < -0.3 is 20.6 Å². The summed E-state index contributed by atoms with van der Waals surface area (Å²) in [7, 11) is 0. The minimum atomic E-state index is -0.478. The average Bonchev–Trinajstić information content (AvgIpc) is 2.76. The van der Waals surface area contributed by atoms with E-state index in [1.165, 1.54) is 0 Å². The molecule has 2 rings (SSSR count). The van der Waals surface area contributed by atoms with E-state index in [0.29, 0.717) is 25.5 Å². The number of aryl methyl sites for hydroxylation is 1. The molecule has 0 amide bonds. The Balaban J connectivity index is 2.01. The van der Waals surface area contributed by atoms with Crippen molar-refractivity contribution < 1.29 is 9.84 Å². The molecule has 2 atom stereocenters. The fourth-order valence-corrected chi connectivity index (χ4v) is 2.21. The first-order chi connectivity index (χ1) is 9.10. The molecule has 0 aliphatic heterocycles. The van der Waals surface area contributed by atoms with Crippen molar-refractivity contribution in [3.63, 3.8) is 0 Å². The maximum absolute atomic E-state index is 9.90. The van der Waals surface area contributed by atoms with E-state index >= 15 is 0 Å². The molecule has 1 aromatic carbocycles. The summed E-state index contributed by atoms with van der Waals surface area (Å²) in [4.78, 5) is 3.27. The Hall–Kier alpha value is -1.52. The third-order valence-corrected chi connectivity index (χ3v) is 3.27. The van der Waals surface area contributed by atoms with Crippen LogP contribution in [0, 0.1) is 12.8 Å². The van der Waals surface area contributed by atoms with Gasteiger partial charge in [-0.3, -0.25) is 0 Å². The molecular weight excluding hydrogens is 240 g/mol. The third-order valence-electron chi connectivity index (χ3n) is 3.27. The molecule has 1 aromatic heterocycles. The SMILES string of the molecule is Cc1cc2c(OCC(O)CC(C)CN)cccc2[nH]1. The summed E-state index contributed by atoms with van der Waals surface area (Å²) >= 11 is 0. The number of aliphatic hydroxyl groups is 1. The number of aromatic nitrogens is 1. The number of benzene rings is 1. The highest BCUT2D eigenvalue weighted by Gasteiger charge is 2.11. The molecule has 0 spiro atoms. The fourth-order valence-electron chi connectivity index (χ4n) is 2.21. The Morgan fingerprint density at radius 2 is 2.21 bits per heavy atom. The van der Waals surface area contributed by atoms with Gasteiger partial charge in [0, 0.05) is 16.6 Å². The summed E-state index contributed by atoms with van der Waals surface area (Å²) in [5.74, 6) is 1.12. The van der Waals surface area contributed by atoms with E-state index in [1.54, 1.807) is 0 Å². The quantitative estimate of drug-likeness (QED) is 0.747. The highest BCUT2D eigenvalue weighted by molar-refractivity contribution is 5.86. The number of fused-ring (bicyclic) bond motifs is 1. The first-order valence-corrected chi connectivity index (χ1v) is 6.69. The number of nitrogens with two attached hydrogens (primary N) is 1. The van der Waals surface area contributed by atoms with Gasteiger partial charge in [0.05, 0.1) is 6.10 Å². The number of hydrogen-bond donors (Lipinski definition) is 3. The highest BCUT2D eigenvalue weighted by Crippen LogP contribution is 2.26. The van der Waals surface area contributed by atoms with Crippen LogP contribution >= 0.6 is 0 Å². The van der Waals surface area contributed by atoms with Crippen molar-refractivity contribution >= 4 is 10.9 Å². The van der Waals surface area contributed by atoms with Gasteiger partial charge in [-0.05, 0) is 44.0 Å². The first-order valence-electron chi connectivity index (χ1n) is 6.69. The number of aliphatic hydroxyl groups excluding tert-OH is 1. The van der Waals surface area contributed by atoms with E-state index in [0.717, 1.165) is 22.3 Å². The van der Waals surface area contributed by atoms with E-state index in [9.17, 15) is 5.11 Å². The van der Waals surface area contributed by atoms with E-state index in [1.807, 2.05) is 32.0 Å². The minimum absolute atomic E-state index is 0.299. The number of aromatic amines is 1. The maximum atomic E-state index is 9.90. The van der Waals surface area contributed by atoms with E-state index in [4.69, 9.17) is 10.5 Å². The van der Waals surface area contributed by atoms with Gasteiger partial charge in [0.2, 0.25) is 0 Å². The molecule has 4 N–H and O–H groups in total. The van der Waals surface area contributed by atoms with Crippen molar-refractivity contribution in [1.82, 2.24) is 4.98 Å². The summed E-state index contributed by atoms with van der Waals surface area (Å²) in [6, 6.07) is 7.94. The summed E-state index contributed by atoms with van der Waals surface area (Å²) in [6.07, 6.45) is 0.187. The van der Waals surface area contributed by atoms with Gasteiger partial charge >= 0.3 is 0 Å². The molecule has 2 unspecified atom stereocenters. The van der Waals surface area contributed by atoms with Crippen LogP contribution in [0.3, 0.4) is 0 Å². The lowest BCUT2D eigenvalue weighted by Gasteiger charge is -2.16. The van der Waals surface area contributed by atoms with Crippen molar-refractivity contribution in [2.75, 3.05) is 13.2 Å². The molecule has 19 heavy (non-hydrogen) atoms. The first kappa shape index (κ1) is 13.9. The Morgan fingerprint density at radius 3 is 2.95 bits per heavy atom. The molecule has 4 heteroatoms.